The number of carbonyl (C=O) groups is 2. The van der Waals surface area contributed by atoms with Crippen molar-refractivity contribution in [3.8, 4) is 5.75 Å². The molecule has 0 bridgehead atoms. The van der Waals surface area contributed by atoms with E-state index in [4.69, 9.17) is 15.2 Å². The summed E-state index contributed by atoms with van der Waals surface area (Å²) in [6.45, 7) is 2.02. The average molecular weight is 619 g/mol. The van der Waals surface area contributed by atoms with Crippen molar-refractivity contribution in [1.82, 2.24) is 0 Å². The molecule has 0 unspecified atom stereocenters. The van der Waals surface area contributed by atoms with Gasteiger partial charge in [0.05, 0.1) is 15.8 Å². The number of hydrogen-bond acceptors (Lipinski definition) is 6. The van der Waals surface area contributed by atoms with Crippen LogP contribution in [0.2, 0.25) is 0 Å². The van der Waals surface area contributed by atoms with Gasteiger partial charge in [0, 0.05) is 28.4 Å². The number of carbonyl (C=O) groups excluding carboxylic acids is 2. The molecule has 0 saturated carbocycles. The van der Waals surface area contributed by atoms with Crippen LogP contribution in [0.15, 0.2) is 87.8 Å². The van der Waals surface area contributed by atoms with Crippen LogP contribution in [-0.4, -0.2) is 29.8 Å². The molecule has 36 heavy (non-hydrogen) atoms. The Balaban J connectivity index is 1.90. The highest BCUT2D eigenvalue weighted by Gasteiger charge is 2.30. The summed E-state index contributed by atoms with van der Waals surface area (Å²) in [5, 5.41) is 16.1. The molecule has 3 aromatic carbocycles. The Labute approximate surface area is 225 Å². The topological polar surface area (TPSA) is 123 Å². The summed E-state index contributed by atoms with van der Waals surface area (Å²) < 4.78 is 12.6. The van der Waals surface area contributed by atoms with E-state index >= 15 is 0 Å². The van der Waals surface area contributed by atoms with Crippen LogP contribution in [0.4, 0.5) is 21.9 Å². The maximum absolute atomic E-state index is 12.8. The quantitative estimate of drug-likeness (QED) is 0.163. The fourth-order valence-corrected chi connectivity index (χ4v) is 4.56. The first kappa shape index (κ1) is 27.3. The predicted molar refractivity (Wildman–Crippen MR) is 147 cm³/mol. The van der Waals surface area contributed by atoms with E-state index in [1.807, 2.05) is 6.07 Å². The predicted octanol–water partition coefficient (Wildman–Crippen LogP) is 6.39. The van der Waals surface area contributed by atoms with E-state index < -0.39 is 24.2 Å². The minimum absolute atomic E-state index is 0.129. The van der Waals surface area contributed by atoms with Gasteiger partial charge in [-0.05, 0) is 65.3 Å². The van der Waals surface area contributed by atoms with E-state index in [-0.39, 0.29) is 17.9 Å². The molecular formula is C26H25Br2N3O5. The zero-order chi connectivity index (χ0) is 26.1. The molecule has 0 aromatic heterocycles. The van der Waals surface area contributed by atoms with Gasteiger partial charge in [0.1, 0.15) is 11.9 Å². The summed E-state index contributed by atoms with van der Waals surface area (Å²) in [4.78, 5) is 25.4. The minimum atomic E-state index is -1.10. The number of rotatable bonds is 9. The summed E-state index contributed by atoms with van der Waals surface area (Å²) in [6, 6.07) is 18.9. The van der Waals surface area contributed by atoms with E-state index in [2.05, 4.69) is 42.5 Å². The van der Waals surface area contributed by atoms with Gasteiger partial charge in [-0.25, -0.2) is 4.79 Å². The molecule has 0 aliphatic rings. The van der Waals surface area contributed by atoms with Crippen LogP contribution in [0.3, 0.4) is 0 Å². The van der Waals surface area contributed by atoms with Crippen molar-refractivity contribution in [2.24, 2.45) is 0 Å². The van der Waals surface area contributed by atoms with Gasteiger partial charge in [-0.3, -0.25) is 10.1 Å². The molecule has 2 amide bonds. The van der Waals surface area contributed by atoms with Crippen LogP contribution >= 0.6 is 31.9 Å². The molecule has 0 aliphatic carbocycles. The molecule has 10 heteroatoms. The number of benzene rings is 3. The van der Waals surface area contributed by atoms with Crippen LogP contribution < -0.4 is 16.4 Å². The maximum Gasteiger partial charge on any atom is 0.412 e. The molecule has 0 saturated heterocycles. The fraction of sp³-hybridized carbons (Fsp3) is 0.154. The number of ether oxygens (including phenoxy) is 2. The summed E-state index contributed by atoms with van der Waals surface area (Å²) in [5.74, 6) is -0.583. The van der Waals surface area contributed by atoms with Crippen LogP contribution in [0.1, 0.15) is 18.6 Å². The number of halogens is 2. The Morgan fingerprint density at radius 1 is 1.06 bits per heavy atom. The van der Waals surface area contributed by atoms with Crippen LogP contribution in [0.25, 0.3) is 0 Å². The molecule has 5 N–H and O–H groups in total. The SMILES string of the molecule is CCO[C@H](/C=C/C(=O)Nc1ccccc1N)[C@H](OC(=O)Nc1ccccc1)c1cc(Br)cc(Br)c1O. The van der Waals surface area contributed by atoms with Gasteiger partial charge in [0.15, 0.2) is 6.10 Å². The molecular weight excluding hydrogens is 594 g/mol. The number of phenols is 1. The molecule has 0 fully saturated rings. The smallest absolute Gasteiger partial charge is 0.412 e. The average Bonchev–Trinajstić information content (AvgIpc) is 2.85. The third-order valence-electron chi connectivity index (χ3n) is 4.93. The number of nitrogens with two attached hydrogens (primary N) is 1. The summed E-state index contributed by atoms with van der Waals surface area (Å²) >= 11 is 6.71. The van der Waals surface area contributed by atoms with Gasteiger partial charge in [-0.1, -0.05) is 46.3 Å². The molecule has 188 valence electrons. The molecule has 0 radical (unpaired) electrons. The number of nitrogen functional groups attached to an aromatic ring is 1. The maximum atomic E-state index is 12.8. The Bertz CT molecular complexity index is 1240. The van der Waals surface area contributed by atoms with Gasteiger partial charge in [-0.15, -0.1) is 0 Å². The standard InChI is InChI=1S/C26H25Br2N3O5/c1-2-35-22(12-13-23(32)31-21-11-7-6-10-20(21)29)25(18-14-16(27)15-19(28)24(18)33)36-26(34)30-17-8-4-3-5-9-17/h3-15,22,25,33H,2,29H2,1H3,(H,30,34)(H,31,32)/b13-12+/t22-,25-/m1/s1. The second-order valence-corrected chi connectivity index (χ2v) is 9.27. The van der Waals surface area contributed by atoms with E-state index in [1.165, 1.54) is 12.2 Å². The lowest BCUT2D eigenvalue weighted by Gasteiger charge is -2.26. The van der Waals surface area contributed by atoms with Gasteiger partial charge in [0.25, 0.3) is 0 Å². The monoisotopic (exact) mass is 617 g/mol. The second-order valence-electron chi connectivity index (χ2n) is 7.50. The lowest BCUT2D eigenvalue weighted by atomic mass is 10.0. The van der Waals surface area contributed by atoms with Crippen LogP contribution in [0, 0.1) is 0 Å². The Hall–Kier alpha value is -3.34. The number of para-hydroxylation sites is 3. The van der Waals surface area contributed by atoms with Gasteiger partial charge in [-0.2, -0.15) is 0 Å². The number of aromatic hydroxyl groups is 1. The van der Waals surface area contributed by atoms with Crippen molar-refractivity contribution in [3.05, 3.63) is 93.4 Å². The number of hydrogen-bond donors (Lipinski definition) is 4. The molecule has 0 heterocycles. The first-order valence-corrected chi connectivity index (χ1v) is 12.5. The normalized spacial score (nSPS) is 12.6. The number of phenolic OH excluding ortho intramolecular Hbond substituents is 1. The third-order valence-corrected chi connectivity index (χ3v) is 5.99. The highest BCUT2D eigenvalue weighted by Crippen LogP contribution is 2.39. The Morgan fingerprint density at radius 2 is 1.75 bits per heavy atom. The van der Waals surface area contributed by atoms with Crippen LogP contribution in [0.5, 0.6) is 5.75 Å². The second kappa shape index (κ2) is 13.1. The van der Waals surface area contributed by atoms with E-state index in [0.29, 0.717) is 26.0 Å². The summed E-state index contributed by atoms with van der Waals surface area (Å²) in [6.07, 6.45) is -0.0493. The van der Waals surface area contributed by atoms with Crippen molar-refractivity contribution < 1.29 is 24.2 Å². The molecule has 0 spiro atoms. The van der Waals surface area contributed by atoms with Crippen molar-refractivity contribution in [2.45, 2.75) is 19.1 Å². The van der Waals surface area contributed by atoms with Crippen molar-refractivity contribution in [2.75, 3.05) is 23.0 Å². The molecule has 8 nitrogen and oxygen atoms in total. The lowest BCUT2D eigenvalue weighted by Crippen LogP contribution is -2.28. The third kappa shape index (κ3) is 7.58. The Morgan fingerprint density at radius 3 is 2.44 bits per heavy atom. The van der Waals surface area contributed by atoms with E-state index in [1.54, 1.807) is 67.6 Å². The Kier molecular flexibility index (Phi) is 9.92. The zero-order valence-corrected chi connectivity index (χ0v) is 22.5. The lowest BCUT2D eigenvalue weighted by molar-refractivity contribution is -0.112. The molecule has 3 aromatic rings. The van der Waals surface area contributed by atoms with Crippen molar-refractivity contribution in [1.29, 1.82) is 0 Å². The molecule has 2 atom stereocenters. The van der Waals surface area contributed by atoms with Gasteiger partial charge in [0.2, 0.25) is 5.91 Å². The minimum Gasteiger partial charge on any atom is -0.506 e. The fourth-order valence-electron chi connectivity index (χ4n) is 3.30. The number of nitrogens with one attached hydrogen (secondary N) is 2. The summed E-state index contributed by atoms with van der Waals surface area (Å²) in [7, 11) is 0. The van der Waals surface area contributed by atoms with Crippen molar-refractivity contribution >= 4 is 60.9 Å². The number of amides is 2. The van der Waals surface area contributed by atoms with E-state index in [0.717, 1.165) is 0 Å². The molecule has 0 aliphatic heterocycles. The van der Waals surface area contributed by atoms with E-state index in [9.17, 15) is 14.7 Å². The molecule has 3 rings (SSSR count). The van der Waals surface area contributed by atoms with Crippen molar-refractivity contribution in [3.63, 3.8) is 0 Å². The first-order valence-electron chi connectivity index (χ1n) is 10.9. The van der Waals surface area contributed by atoms with Gasteiger partial charge < -0.3 is 25.6 Å². The largest absolute Gasteiger partial charge is 0.506 e. The summed E-state index contributed by atoms with van der Waals surface area (Å²) in [5.41, 5.74) is 7.58. The van der Waals surface area contributed by atoms with Gasteiger partial charge >= 0.3 is 6.09 Å². The highest BCUT2D eigenvalue weighted by molar-refractivity contribution is 9.11. The highest BCUT2D eigenvalue weighted by atomic mass is 79.9. The first-order chi connectivity index (χ1) is 17.3. The zero-order valence-electron chi connectivity index (χ0n) is 19.3. The van der Waals surface area contributed by atoms with Crippen LogP contribution in [-0.2, 0) is 14.3 Å². The number of anilines is 3.